The SMILES string of the molecule is CC1(C)c2ccccc2-c2c1ccc1c2-c2ccccc2C12c1ccccc1-c1ccc(-n3c4ccccc4c4cc(N(c5ccc(-c6ccccc6)cc5)c5cccc6c5oc5ccccc56)ccc43)cc12. The lowest BCUT2D eigenvalue weighted by Gasteiger charge is -2.31. The van der Waals surface area contributed by atoms with Crippen molar-refractivity contribution in [3.8, 4) is 50.2 Å². The second-order valence-corrected chi connectivity index (χ2v) is 20.7. The van der Waals surface area contributed by atoms with Crippen molar-refractivity contribution in [3.05, 3.63) is 276 Å². The van der Waals surface area contributed by atoms with E-state index in [9.17, 15) is 0 Å². The van der Waals surface area contributed by atoms with E-state index in [1.54, 1.807) is 0 Å². The molecule has 2 heterocycles. The lowest BCUT2D eigenvalue weighted by molar-refractivity contribution is 0.660. The third-order valence-corrected chi connectivity index (χ3v) is 16.8. The highest BCUT2D eigenvalue weighted by Crippen LogP contribution is 2.66. The van der Waals surface area contributed by atoms with E-state index < -0.39 is 5.41 Å². The first-order valence-electron chi connectivity index (χ1n) is 25.5. The number of anilines is 3. The molecule has 73 heavy (non-hydrogen) atoms. The van der Waals surface area contributed by atoms with E-state index in [4.69, 9.17) is 4.42 Å². The Hall–Kier alpha value is -9.18. The summed E-state index contributed by atoms with van der Waals surface area (Å²) in [5, 5.41) is 4.59. The fourth-order valence-electron chi connectivity index (χ4n) is 13.7. The van der Waals surface area contributed by atoms with Gasteiger partial charge in [0, 0.05) is 44.0 Å². The highest BCUT2D eigenvalue weighted by atomic mass is 16.3. The fourth-order valence-corrected chi connectivity index (χ4v) is 13.7. The number of aromatic nitrogens is 1. The van der Waals surface area contributed by atoms with E-state index in [-0.39, 0.29) is 5.41 Å². The Morgan fingerprint density at radius 3 is 1.78 bits per heavy atom. The minimum Gasteiger partial charge on any atom is -0.454 e. The zero-order chi connectivity index (χ0) is 48.2. The molecule has 3 heteroatoms. The van der Waals surface area contributed by atoms with Gasteiger partial charge in [-0.3, -0.25) is 0 Å². The van der Waals surface area contributed by atoms with Gasteiger partial charge in [0.15, 0.2) is 5.58 Å². The first-order chi connectivity index (χ1) is 36.0. The van der Waals surface area contributed by atoms with Crippen molar-refractivity contribution in [3.63, 3.8) is 0 Å². The van der Waals surface area contributed by atoms with Gasteiger partial charge in [-0.05, 0) is 139 Å². The topological polar surface area (TPSA) is 21.3 Å². The monoisotopic (exact) mass is 930 g/mol. The zero-order valence-corrected chi connectivity index (χ0v) is 40.4. The zero-order valence-electron chi connectivity index (χ0n) is 40.4. The first-order valence-corrected chi connectivity index (χ1v) is 25.5. The van der Waals surface area contributed by atoms with Crippen molar-refractivity contribution in [2.45, 2.75) is 24.7 Å². The van der Waals surface area contributed by atoms with Gasteiger partial charge in [-0.1, -0.05) is 196 Å². The molecule has 0 N–H and O–H groups in total. The molecule has 11 aromatic carbocycles. The molecule has 13 aromatic rings. The Morgan fingerprint density at radius 1 is 0.370 bits per heavy atom. The molecular formula is C70H46N2O. The van der Waals surface area contributed by atoms with Crippen LogP contribution in [0, 0.1) is 0 Å². The Bertz CT molecular complexity index is 4470. The summed E-state index contributed by atoms with van der Waals surface area (Å²) in [6.45, 7) is 4.79. The predicted molar refractivity (Wildman–Crippen MR) is 302 cm³/mol. The van der Waals surface area contributed by atoms with E-state index in [0.717, 1.165) is 50.2 Å². The molecule has 0 radical (unpaired) electrons. The van der Waals surface area contributed by atoms with Crippen LogP contribution in [0.15, 0.2) is 247 Å². The van der Waals surface area contributed by atoms with Crippen LogP contribution in [0.3, 0.4) is 0 Å². The summed E-state index contributed by atoms with van der Waals surface area (Å²) in [6.07, 6.45) is 0. The van der Waals surface area contributed by atoms with E-state index in [1.165, 1.54) is 94.2 Å². The Morgan fingerprint density at radius 2 is 0.959 bits per heavy atom. The average molecular weight is 931 g/mol. The maximum absolute atomic E-state index is 6.76. The van der Waals surface area contributed by atoms with Crippen LogP contribution in [0.25, 0.3) is 93.9 Å². The lowest BCUT2D eigenvalue weighted by atomic mass is 9.70. The van der Waals surface area contributed by atoms with Crippen molar-refractivity contribution >= 4 is 60.8 Å². The average Bonchev–Trinajstić information content (AvgIpc) is 4.21. The van der Waals surface area contributed by atoms with Gasteiger partial charge >= 0.3 is 0 Å². The second kappa shape index (κ2) is 14.7. The van der Waals surface area contributed by atoms with Gasteiger partial charge in [-0.25, -0.2) is 0 Å². The molecule has 0 amide bonds. The van der Waals surface area contributed by atoms with Gasteiger partial charge in [0.25, 0.3) is 0 Å². The van der Waals surface area contributed by atoms with Crippen LogP contribution < -0.4 is 4.90 Å². The molecule has 1 spiro atoms. The molecule has 3 aliphatic rings. The molecule has 16 rings (SSSR count). The standard InChI is InChI=1S/C70H46N2O/c1-69(2)56-25-11-7-22-53(56)66-59(69)38-39-60-67(66)54-23-8-13-27-58(54)70(60)57-26-12-6-19-48(57)49-37-35-47(42-61(49)70)72-62-28-14-9-20-50(62)55-41-46(36-40-63(55)72)71(45-33-31-44(32-34-45)43-17-4-3-5-18-43)64-29-16-24-52-51-21-10-15-30-65(51)73-68(52)64/h3-42H,1-2H3. The molecule has 0 aliphatic heterocycles. The molecule has 342 valence electrons. The summed E-state index contributed by atoms with van der Waals surface area (Å²) in [6, 6.07) is 90.0. The van der Waals surface area contributed by atoms with Crippen molar-refractivity contribution in [2.24, 2.45) is 0 Å². The summed E-state index contributed by atoms with van der Waals surface area (Å²) in [5.41, 5.74) is 26.3. The molecule has 1 atom stereocenters. The minimum atomic E-state index is -0.509. The molecule has 0 fully saturated rings. The van der Waals surface area contributed by atoms with Crippen LogP contribution in [-0.4, -0.2) is 4.57 Å². The first kappa shape index (κ1) is 40.5. The molecular weight excluding hydrogens is 885 g/mol. The molecule has 0 saturated carbocycles. The summed E-state index contributed by atoms with van der Waals surface area (Å²) >= 11 is 0. The highest BCUT2D eigenvalue weighted by molar-refractivity contribution is 6.13. The molecule has 0 bridgehead atoms. The van der Waals surface area contributed by atoms with Gasteiger partial charge in [-0.15, -0.1) is 0 Å². The van der Waals surface area contributed by atoms with Crippen LogP contribution in [0.4, 0.5) is 17.1 Å². The van der Waals surface area contributed by atoms with E-state index in [2.05, 4.69) is 260 Å². The van der Waals surface area contributed by atoms with Gasteiger partial charge in [0.05, 0.1) is 22.1 Å². The number of benzene rings is 11. The largest absolute Gasteiger partial charge is 0.454 e. The smallest absolute Gasteiger partial charge is 0.159 e. The number of furan rings is 1. The number of hydrogen-bond acceptors (Lipinski definition) is 2. The third kappa shape index (κ3) is 5.33. The van der Waals surface area contributed by atoms with Crippen LogP contribution >= 0.6 is 0 Å². The van der Waals surface area contributed by atoms with Crippen molar-refractivity contribution in [2.75, 3.05) is 4.90 Å². The van der Waals surface area contributed by atoms with Crippen LogP contribution in [0.1, 0.15) is 47.2 Å². The predicted octanol–water partition coefficient (Wildman–Crippen LogP) is 18.5. The van der Waals surface area contributed by atoms with Crippen LogP contribution in [0.2, 0.25) is 0 Å². The van der Waals surface area contributed by atoms with Gasteiger partial charge in [0.2, 0.25) is 0 Å². The minimum absolute atomic E-state index is 0.106. The normalized spacial score (nSPS) is 15.4. The molecule has 2 aromatic heterocycles. The molecule has 1 unspecified atom stereocenters. The molecule has 3 nitrogen and oxygen atoms in total. The van der Waals surface area contributed by atoms with Gasteiger partial charge in [-0.2, -0.15) is 0 Å². The second-order valence-electron chi connectivity index (χ2n) is 20.7. The number of fused-ring (bicyclic) bond motifs is 20. The Kier molecular flexibility index (Phi) is 8.16. The van der Waals surface area contributed by atoms with Crippen molar-refractivity contribution in [1.29, 1.82) is 0 Å². The summed E-state index contributed by atoms with van der Waals surface area (Å²) in [5.74, 6) is 0. The maximum atomic E-state index is 6.76. The fraction of sp³-hybridized carbons (Fsp3) is 0.0571. The van der Waals surface area contributed by atoms with E-state index in [1.807, 2.05) is 6.07 Å². The number of para-hydroxylation sites is 3. The molecule has 3 aliphatic carbocycles. The highest BCUT2D eigenvalue weighted by Gasteiger charge is 2.54. The lowest BCUT2D eigenvalue weighted by Crippen LogP contribution is -2.26. The number of nitrogens with zero attached hydrogens (tertiary/aromatic N) is 2. The number of rotatable bonds is 5. The molecule has 0 saturated heterocycles. The van der Waals surface area contributed by atoms with Crippen LogP contribution in [0.5, 0.6) is 0 Å². The Balaban J connectivity index is 0.914. The van der Waals surface area contributed by atoms with Gasteiger partial charge in [0.1, 0.15) is 5.58 Å². The summed E-state index contributed by atoms with van der Waals surface area (Å²) in [4.78, 5) is 2.37. The maximum Gasteiger partial charge on any atom is 0.159 e. The summed E-state index contributed by atoms with van der Waals surface area (Å²) < 4.78 is 9.26. The van der Waals surface area contributed by atoms with Crippen molar-refractivity contribution < 1.29 is 4.42 Å². The van der Waals surface area contributed by atoms with Crippen LogP contribution in [-0.2, 0) is 10.8 Å². The Labute approximate surface area is 423 Å². The van der Waals surface area contributed by atoms with Crippen molar-refractivity contribution in [1.82, 2.24) is 4.57 Å². The van der Waals surface area contributed by atoms with E-state index >= 15 is 0 Å². The van der Waals surface area contributed by atoms with Gasteiger partial charge < -0.3 is 13.9 Å². The van der Waals surface area contributed by atoms with E-state index in [0.29, 0.717) is 0 Å². The number of hydrogen-bond donors (Lipinski definition) is 0. The quantitative estimate of drug-likeness (QED) is 0.171. The summed E-state index contributed by atoms with van der Waals surface area (Å²) in [7, 11) is 0. The third-order valence-electron chi connectivity index (χ3n) is 16.8.